The molecule has 0 spiro atoms. The van der Waals surface area contributed by atoms with E-state index < -0.39 is 0 Å². The van der Waals surface area contributed by atoms with Gasteiger partial charge in [0.05, 0.1) is 0 Å². The number of hydrogen-bond acceptors (Lipinski definition) is 3. The minimum absolute atomic E-state index is 0.528. The molecule has 0 unspecified atom stereocenters. The van der Waals surface area contributed by atoms with Crippen molar-refractivity contribution >= 4 is 6.08 Å². The lowest BCUT2D eigenvalue weighted by Gasteiger charge is -1.78. The van der Waals surface area contributed by atoms with Gasteiger partial charge in [0.25, 0.3) is 0 Å². The summed E-state index contributed by atoms with van der Waals surface area (Å²) in [7, 11) is 0. The Balaban J connectivity index is 2.57. The molecule has 0 aromatic carbocycles. The van der Waals surface area contributed by atoms with Gasteiger partial charge in [0.15, 0.2) is 0 Å². The van der Waals surface area contributed by atoms with E-state index in [4.69, 9.17) is 5.73 Å². The van der Waals surface area contributed by atoms with Crippen molar-refractivity contribution in [1.82, 2.24) is 15.2 Å². The Hall–Kier alpha value is -1.16. The summed E-state index contributed by atoms with van der Waals surface area (Å²) in [6, 6.07) is 0. The molecule has 0 fully saturated rings. The number of nitrogens with two attached hydrogens (primary N) is 1. The minimum atomic E-state index is 0.528. The zero-order chi connectivity index (χ0) is 6.53. The van der Waals surface area contributed by atoms with Crippen molar-refractivity contribution in [2.75, 3.05) is 6.54 Å². The van der Waals surface area contributed by atoms with E-state index in [1.807, 2.05) is 0 Å². The van der Waals surface area contributed by atoms with Crippen LogP contribution in [0.1, 0.15) is 5.82 Å². The fourth-order valence-electron chi connectivity index (χ4n) is 0.475. The number of nitrogens with one attached hydrogen (secondary N) is 1. The number of rotatable bonds is 2. The molecule has 0 bridgehead atoms. The summed E-state index contributed by atoms with van der Waals surface area (Å²) < 4.78 is 0. The minimum Gasteiger partial charge on any atom is -0.327 e. The summed E-state index contributed by atoms with van der Waals surface area (Å²) >= 11 is 0. The molecule has 0 aliphatic carbocycles. The van der Waals surface area contributed by atoms with Crippen LogP contribution < -0.4 is 5.73 Å². The molecule has 1 aromatic rings. The molecule has 0 atom stereocenters. The second kappa shape index (κ2) is 2.99. The molecular weight excluding hydrogens is 116 g/mol. The van der Waals surface area contributed by atoms with Crippen LogP contribution in [0.25, 0.3) is 6.08 Å². The predicted molar refractivity (Wildman–Crippen MR) is 34.5 cm³/mol. The molecule has 0 aliphatic heterocycles. The maximum Gasteiger partial charge on any atom is 0.147 e. The number of nitrogens with zero attached hydrogens (tertiary/aromatic N) is 2. The first-order valence-electron chi connectivity index (χ1n) is 2.65. The van der Waals surface area contributed by atoms with Gasteiger partial charge in [0.2, 0.25) is 0 Å². The van der Waals surface area contributed by atoms with Crippen LogP contribution >= 0.6 is 0 Å². The van der Waals surface area contributed by atoms with E-state index in [1.165, 1.54) is 6.33 Å². The highest BCUT2D eigenvalue weighted by Crippen LogP contribution is 1.86. The molecular formula is C5H8N4. The fourth-order valence-corrected chi connectivity index (χ4v) is 0.475. The molecule has 0 aliphatic rings. The monoisotopic (exact) mass is 124 g/mol. The van der Waals surface area contributed by atoms with Crippen LogP contribution in [-0.4, -0.2) is 21.7 Å². The molecule has 3 N–H and O–H groups in total. The van der Waals surface area contributed by atoms with Gasteiger partial charge < -0.3 is 5.73 Å². The van der Waals surface area contributed by atoms with E-state index in [9.17, 15) is 0 Å². The number of aromatic amines is 1. The van der Waals surface area contributed by atoms with Crippen LogP contribution in [0.15, 0.2) is 12.4 Å². The molecule has 1 heterocycles. The molecule has 48 valence electrons. The maximum absolute atomic E-state index is 5.20. The van der Waals surface area contributed by atoms with Crippen molar-refractivity contribution in [2.45, 2.75) is 0 Å². The first-order chi connectivity index (χ1) is 4.43. The predicted octanol–water partition coefficient (Wildman–Crippen LogP) is -0.223. The zero-order valence-corrected chi connectivity index (χ0v) is 4.91. The normalized spacial score (nSPS) is 10.8. The van der Waals surface area contributed by atoms with Gasteiger partial charge in [-0.15, -0.1) is 0 Å². The van der Waals surface area contributed by atoms with E-state index in [-0.39, 0.29) is 0 Å². The third kappa shape index (κ3) is 1.65. The van der Waals surface area contributed by atoms with Gasteiger partial charge in [0, 0.05) is 6.54 Å². The Morgan fingerprint density at radius 3 is 3.22 bits per heavy atom. The van der Waals surface area contributed by atoms with E-state index in [2.05, 4.69) is 15.2 Å². The largest absolute Gasteiger partial charge is 0.327 e. The van der Waals surface area contributed by atoms with Gasteiger partial charge in [-0.05, 0) is 6.08 Å². The van der Waals surface area contributed by atoms with Crippen molar-refractivity contribution in [1.29, 1.82) is 0 Å². The summed E-state index contributed by atoms with van der Waals surface area (Å²) in [6.45, 7) is 0.528. The lowest BCUT2D eigenvalue weighted by Crippen LogP contribution is -1.92. The van der Waals surface area contributed by atoms with Crippen molar-refractivity contribution in [2.24, 2.45) is 5.73 Å². The lowest BCUT2D eigenvalue weighted by molar-refractivity contribution is 1.08. The molecule has 0 saturated heterocycles. The molecule has 1 rings (SSSR count). The van der Waals surface area contributed by atoms with Gasteiger partial charge in [-0.2, -0.15) is 5.10 Å². The fraction of sp³-hybridized carbons (Fsp3) is 0.200. The van der Waals surface area contributed by atoms with Crippen LogP contribution in [0.2, 0.25) is 0 Å². The Morgan fingerprint density at radius 1 is 1.78 bits per heavy atom. The van der Waals surface area contributed by atoms with E-state index in [0.29, 0.717) is 6.54 Å². The van der Waals surface area contributed by atoms with Crippen molar-refractivity contribution in [3.8, 4) is 0 Å². The number of aromatic nitrogens is 3. The van der Waals surface area contributed by atoms with Gasteiger partial charge in [-0.3, -0.25) is 5.10 Å². The first-order valence-corrected chi connectivity index (χ1v) is 2.65. The van der Waals surface area contributed by atoms with Gasteiger partial charge in [-0.1, -0.05) is 6.08 Å². The standard InChI is InChI=1S/C5H8N4/c6-3-1-2-5-7-4-8-9-5/h1-2,4H,3,6H2,(H,7,8,9)/b2-1+. The average Bonchev–Trinajstić information content (AvgIpc) is 2.34. The third-order valence-electron chi connectivity index (χ3n) is 0.845. The second-order valence-corrected chi connectivity index (χ2v) is 1.51. The van der Waals surface area contributed by atoms with Crippen LogP contribution in [0, 0.1) is 0 Å². The molecule has 4 heteroatoms. The molecule has 0 amide bonds. The molecule has 4 nitrogen and oxygen atoms in total. The van der Waals surface area contributed by atoms with Gasteiger partial charge in [-0.25, -0.2) is 4.98 Å². The summed E-state index contributed by atoms with van der Waals surface area (Å²) in [5.74, 6) is 0.737. The highest BCUT2D eigenvalue weighted by molar-refractivity contribution is 5.38. The van der Waals surface area contributed by atoms with Crippen LogP contribution in [0.5, 0.6) is 0 Å². The highest BCUT2D eigenvalue weighted by Gasteiger charge is 1.82. The Kier molecular flexibility index (Phi) is 1.98. The highest BCUT2D eigenvalue weighted by atomic mass is 15.2. The Morgan fingerprint density at radius 2 is 2.67 bits per heavy atom. The van der Waals surface area contributed by atoms with Crippen LogP contribution in [0.3, 0.4) is 0 Å². The molecule has 9 heavy (non-hydrogen) atoms. The average molecular weight is 124 g/mol. The maximum atomic E-state index is 5.20. The van der Waals surface area contributed by atoms with Crippen molar-refractivity contribution < 1.29 is 0 Å². The quantitative estimate of drug-likeness (QED) is 0.572. The van der Waals surface area contributed by atoms with E-state index >= 15 is 0 Å². The van der Waals surface area contributed by atoms with Crippen LogP contribution in [0.4, 0.5) is 0 Å². The van der Waals surface area contributed by atoms with E-state index in [0.717, 1.165) is 5.82 Å². The lowest BCUT2D eigenvalue weighted by atomic mass is 10.5. The number of hydrogen-bond donors (Lipinski definition) is 2. The van der Waals surface area contributed by atoms with Crippen molar-refractivity contribution in [3.05, 3.63) is 18.2 Å². The third-order valence-corrected chi connectivity index (χ3v) is 0.845. The second-order valence-electron chi connectivity index (χ2n) is 1.51. The van der Waals surface area contributed by atoms with Crippen molar-refractivity contribution in [3.63, 3.8) is 0 Å². The van der Waals surface area contributed by atoms with Gasteiger partial charge >= 0.3 is 0 Å². The summed E-state index contributed by atoms with van der Waals surface area (Å²) in [6.07, 6.45) is 5.05. The zero-order valence-electron chi connectivity index (χ0n) is 4.91. The summed E-state index contributed by atoms with van der Waals surface area (Å²) in [5.41, 5.74) is 5.20. The summed E-state index contributed by atoms with van der Waals surface area (Å²) in [4.78, 5) is 3.84. The SMILES string of the molecule is NC/C=C/c1ncn[nH]1. The Labute approximate surface area is 52.8 Å². The number of H-pyrrole nitrogens is 1. The Bertz CT molecular complexity index is 177. The van der Waals surface area contributed by atoms with Gasteiger partial charge in [0.1, 0.15) is 12.2 Å². The molecule has 0 saturated carbocycles. The molecule has 0 radical (unpaired) electrons. The van der Waals surface area contributed by atoms with Crippen LogP contribution in [-0.2, 0) is 0 Å². The molecule has 1 aromatic heterocycles. The summed E-state index contributed by atoms with van der Waals surface area (Å²) in [5, 5.41) is 6.32. The smallest absolute Gasteiger partial charge is 0.147 e. The first kappa shape index (κ1) is 5.97. The topological polar surface area (TPSA) is 67.6 Å². The van der Waals surface area contributed by atoms with E-state index in [1.54, 1.807) is 12.2 Å².